The molecule has 0 saturated carbocycles. The van der Waals surface area contributed by atoms with Gasteiger partial charge in [0.1, 0.15) is 23.6 Å². The van der Waals surface area contributed by atoms with E-state index in [9.17, 15) is 99.0 Å². The fourth-order valence-electron chi connectivity index (χ4n) is 8.24. The fraction of sp³-hybridized carbons (Fsp3) is 0.560. The average molecular weight is 1110 g/mol. The van der Waals surface area contributed by atoms with E-state index in [2.05, 4.69) is 0 Å². The third-order valence-corrected chi connectivity index (χ3v) is 11.9. The molecule has 0 bridgehead atoms. The molecule has 0 radical (unpaired) electrons. The van der Waals surface area contributed by atoms with Gasteiger partial charge in [0, 0.05) is 52.4 Å². The second-order valence-electron chi connectivity index (χ2n) is 18.3. The van der Waals surface area contributed by atoms with Crippen molar-refractivity contribution in [3.05, 3.63) is 59.7 Å². The monoisotopic (exact) mass is 1110 g/mol. The summed E-state index contributed by atoms with van der Waals surface area (Å²) in [6.07, 6.45) is 5.00. The second kappa shape index (κ2) is 36.5. The summed E-state index contributed by atoms with van der Waals surface area (Å²) in [6, 6.07) is 11.0. The zero-order valence-corrected chi connectivity index (χ0v) is 43.2. The van der Waals surface area contributed by atoms with Gasteiger partial charge < -0.3 is 60.5 Å². The first-order valence-electron chi connectivity index (χ1n) is 24.9. The molecule has 78 heavy (non-hydrogen) atoms. The summed E-state index contributed by atoms with van der Waals surface area (Å²) in [5.41, 5.74) is 1.18. The van der Waals surface area contributed by atoms with Crippen molar-refractivity contribution >= 4 is 59.7 Å². The molecule has 28 heteroatoms. The molecular weight excluding hydrogens is 1040 g/mol. The number of hydrogen-bond donors (Lipinski definition) is 10. The van der Waals surface area contributed by atoms with Crippen molar-refractivity contribution in [2.75, 3.05) is 118 Å². The molecule has 0 aliphatic heterocycles. The second-order valence-corrected chi connectivity index (χ2v) is 18.3. The zero-order chi connectivity index (χ0) is 58.2. The van der Waals surface area contributed by atoms with Gasteiger partial charge in [-0.1, -0.05) is 49.9 Å². The van der Waals surface area contributed by atoms with Gasteiger partial charge in [0.2, 0.25) is 0 Å². The number of rotatable bonds is 47. The molecule has 2 atom stereocenters. The lowest BCUT2D eigenvalue weighted by Crippen LogP contribution is -2.50. The molecule has 0 heterocycles. The van der Waals surface area contributed by atoms with Gasteiger partial charge in [-0.15, -0.1) is 0 Å². The molecule has 2 unspecified atom stereocenters. The lowest BCUT2D eigenvalue weighted by Gasteiger charge is -2.32. The van der Waals surface area contributed by atoms with Gasteiger partial charge in [-0.3, -0.25) is 77.3 Å². The smallest absolute Gasteiger partial charge is 0.321 e. The average Bonchev–Trinajstić information content (AvgIpc) is 3.32. The Kier molecular flexibility index (Phi) is 31.2. The van der Waals surface area contributed by atoms with Crippen LogP contribution in [0.4, 0.5) is 0 Å². The van der Waals surface area contributed by atoms with Crippen molar-refractivity contribution in [3.63, 3.8) is 0 Å². The molecule has 2 rings (SSSR count). The fourth-order valence-corrected chi connectivity index (χ4v) is 8.24. The van der Waals surface area contributed by atoms with E-state index in [1.54, 1.807) is 48.5 Å². The van der Waals surface area contributed by atoms with Gasteiger partial charge in [-0.05, 0) is 61.1 Å². The van der Waals surface area contributed by atoms with E-state index in [1.807, 2.05) is 0 Å². The Balaban J connectivity index is 1.91. The van der Waals surface area contributed by atoms with Crippen LogP contribution in [0.25, 0.3) is 0 Å². The number of hydrogen-bond acceptors (Lipinski definition) is 18. The first-order valence-corrected chi connectivity index (χ1v) is 24.9. The van der Waals surface area contributed by atoms with E-state index in [0.717, 1.165) is 58.1 Å². The number of nitrogens with zero attached hydrogens (tertiary/aromatic N) is 6. The lowest BCUT2D eigenvalue weighted by atomic mass is 10.0. The Labute approximate surface area is 449 Å². The Morgan fingerprint density at radius 2 is 0.538 bits per heavy atom. The molecule has 434 valence electrons. The highest BCUT2D eigenvalue weighted by Gasteiger charge is 2.30. The quantitative estimate of drug-likeness (QED) is 0.0389. The summed E-state index contributed by atoms with van der Waals surface area (Å²) in [6.45, 7) is -5.49. The highest BCUT2D eigenvalue weighted by Crippen LogP contribution is 2.19. The van der Waals surface area contributed by atoms with Gasteiger partial charge in [0.15, 0.2) is 0 Å². The minimum atomic E-state index is -1.30. The predicted molar refractivity (Wildman–Crippen MR) is 272 cm³/mol. The molecule has 0 amide bonds. The molecule has 0 aliphatic rings. The third-order valence-electron chi connectivity index (χ3n) is 11.9. The molecule has 28 nitrogen and oxygen atoms in total. The molecule has 0 saturated heterocycles. The van der Waals surface area contributed by atoms with E-state index in [0.29, 0.717) is 35.8 Å². The maximum absolute atomic E-state index is 12.6. The maximum atomic E-state index is 12.6. The van der Waals surface area contributed by atoms with Crippen molar-refractivity contribution in [3.8, 4) is 11.5 Å². The number of carboxylic acids is 10. The highest BCUT2D eigenvalue weighted by atomic mass is 16.5. The standard InChI is InChI=1S/C50H72N6O22/c57-41(58)27-51(28-42(59)60)15-19-55(20-16-52(29-43(61)62)30-44(63)64)39(49(73)74)25-35-7-11-37(12-8-35)77-23-5-3-1-2-4-6-24-78-38-13-9-36(10-14-38)26-40(50(75)76)56(21-17-53(31-45(65)66)32-46(67)68)22-18-54(33-47(69)70)34-48(71)72/h7-14,39-40H,1-6,15-34H2,(H,57,58)(H,59,60)(H,61,62)(H,63,64)(H,65,66)(H,67,68)(H,69,70)(H,71,72)(H,73,74)(H,75,76). The number of unbranched alkanes of at least 4 members (excludes halogenated alkanes) is 5. The molecule has 2 aromatic carbocycles. The number of benzene rings is 2. The molecule has 0 aromatic heterocycles. The van der Waals surface area contributed by atoms with Crippen molar-refractivity contribution < 1.29 is 108 Å². The van der Waals surface area contributed by atoms with E-state index in [1.165, 1.54) is 9.80 Å². The summed E-state index contributed by atoms with van der Waals surface area (Å²) >= 11 is 0. The van der Waals surface area contributed by atoms with Crippen molar-refractivity contribution in [2.24, 2.45) is 0 Å². The van der Waals surface area contributed by atoms with Crippen LogP contribution in [0.15, 0.2) is 48.5 Å². The Morgan fingerprint density at radius 1 is 0.321 bits per heavy atom. The SMILES string of the molecule is O=C(O)CN(CCN(CCN(CC(=O)O)CC(=O)O)C(Cc1ccc(OCCCCCCCCOc2ccc(CC(C(=O)O)N(CCN(CC(=O)O)CC(=O)O)CCN(CC(=O)O)CC(=O)O)cc2)cc1)C(=O)O)CC(=O)O. The number of carboxylic acid groups (broad SMARTS) is 10. The summed E-state index contributed by atoms with van der Waals surface area (Å²) in [5, 5.41) is 94.8. The lowest BCUT2D eigenvalue weighted by molar-refractivity contribution is -0.146. The summed E-state index contributed by atoms with van der Waals surface area (Å²) < 4.78 is 11.8. The van der Waals surface area contributed by atoms with Gasteiger partial charge in [-0.25, -0.2) is 0 Å². The third kappa shape index (κ3) is 30.3. The van der Waals surface area contributed by atoms with Crippen LogP contribution in [0.1, 0.15) is 49.7 Å². The van der Waals surface area contributed by atoms with Crippen LogP contribution in [0, 0.1) is 0 Å². The first kappa shape index (κ1) is 66.6. The van der Waals surface area contributed by atoms with E-state index in [4.69, 9.17) is 9.47 Å². The topological polar surface area (TPSA) is 411 Å². The number of ether oxygens (including phenoxy) is 2. The summed E-state index contributed by atoms with van der Waals surface area (Å²) in [7, 11) is 0. The van der Waals surface area contributed by atoms with Gasteiger partial charge in [-0.2, -0.15) is 0 Å². The Hall–Kier alpha value is -7.50. The largest absolute Gasteiger partial charge is 0.494 e. The van der Waals surface area contributed by atoms with Gasteiger partial charge >= 0.3 is 59.7 Å². The number of aliphatic carboxylic acids is 10. The Bertz CT molecular complexity index is 1950. The van der Waals surface area contributed by atoms with E-state index >= 15 is 0 Å². The minimum Gasteiger partial charge on any atom is -0.494 e. The molecule has 2 aromatic rings. The molecule has 0 spiro atoms. The molecule has 0 aliphatic carbocycles. The van der Waals surface area contributed by atoms with Crippen LogP contribution < -0.4 is 9.47 Å². The zero-order valence-electron chi connectivity index (χ0n) is 43.2. The number of carbonyl (C=O) groups is 10. The predicted octanol–water partition coefficient (Wildman–Crippen LogP) is -0.0348. The van der Waals surface area contributed by atoms with E-state index in [-0.39, 0.29) is 65.2 Å². The van der Waals surface area contributed by atoms with Crippen LogP contribution in [-0.2, 0) is 60.8 Å². The molecular formula is C50H72N6O22. The maximum Gasteiger partial charge on any atom is 0.321 e. The Morgan fingerprint density at radius 3 is 0.744 bits per heavy atom. The van der Waals surface area contributed by atoms with Crippen LogP contribution in [0.3, 0.4) is 0 Å². The first-order chi connectivity index (χ1) is 36.9. The van der Waals surface area contributed by atoms with Crippen molar-refractivity contribution in [1.82, 2.24) is 29.4 Å². The minimum absolute atomic E-state index is 0.0569. The molecule has 10 N–H and O–H groups in total. The summed E-state index contributed by atoms with van der Waals surface area (Å²) in [5.74, 6) is -11.9. The van der Waals surface area contributed by atoms with Crippen molar-refractivity contribution in [2.45, 2.75) is 63.5 Å². The normalized spacial score (nSPS) is 12.2. The van der Waals surface area contributed by atoms with Crippen LogP contribution in [0.5, 0.6) is 11.5 Å². The van der Waals surface area contributed by atoms with Crippen LogP contribution in [-0.4, -0.2) is 270 Å². The summed E-state index contributed by atoms with van der Waals surface area (Å²) in [4.78, 5) is 124. The van der Waals surface area contributed by atoms with Gasteiger partial charge in [0.25, 0.3) is 0 Å². The van der Waals surface area contributed by atoms with Crippen molar-refractivity contribution in [1.29, 1.82) is 0 Å². The van der Waals surface area contributed by atoms with Gasteiger partial charge in [0.05, 0.1) is 65.6 Å². The van der Waals surface area contributed by atoms with Crippen LogP contribution in [0.2, 0.25) is 0 Å². The highest BCUT2D eigenvalue weighted by molar-refractivity contribution is 5.76. The molecule has 0 fully saturated rings. The van der Waals surface area contributed by atoms with E-state index < -0.39 is 124 Å². The van der Waals surface area contributed by atoms with Crippen LogP contribution >= 0.6 is 0 Å².